The number of nitrogens with two attached hydrogens (primary N) is 1. The number of pyridine rings is 1. The van der Waals surface area contributed by atoms with Crippen LogP contribution in [-0.4, -0.2) is 23.5 Å². The van der Waals surface area contributed by atoms with E-state index in [0.29, 0.717) is 24.8 Å². The van der Waals surface area contributed by atoms with E-state index in [1.54, 1.807) is 12.3 Å². The Balaban J connectivity index is 1.96. The number of rotatable bonds is 7. The first-order valence-corrected chi connectivity index (χ1v) is 8.68. The first kappa shape index (κ1) is 19.7. The molecule has 1 atom stereocenters. The molecule has 0 bridgehead atoms. The fraction of sp³-hybridized carbons (Fsp3) is 0.400. The Morgan fingerprint density at radius 1 is 1.19 bits per heavy atom. The molecule has 0 saturated carbocycles. The van der Waals surface area contributed by atoms with Crippen LogP contribution in [0.2, 0.25) is 0 Å². The van der Waals surface area contributed by atoms with E-state index in [1.807, 2.05) is 58.0 Å². The van der Waals surface area contributed by atoms with Gasteiger partial charge in [0.2, 0.25) is 11.8 Å². The van der Waals surface area contributed by atoms with Gasteiger partial charge < -0.3 is 20.5 Å². The first-order chi connectivity index (χ1) is 12.3. The maximum absolute atomic E-state index is 12.1. The molecule has 1 heterocycles. The van der Waals surface area contributed by atoms with Crippen molar-refractivity contribution in [3.05, 3.63) is 48.2 Å². The van der Waals surface area contributed by atoms with E-state index in [1.165, 1.54) is 0 Å². The summed E-state index contributed by atoms with van der Waals surface area (Å²) in [5.41, 5.74) is 6.56. The van der Waals surface area contributed by atoms with Crippen LogP contribution in [0.15, 0.2) is 42.6 Å². The van der Waals surface area contributed by atoms with Crippen LogP contribution in [0.4, 0.5) is 0 Å². The van der Waals surface area contributed by atoms with Gasteiger partial charge in [0.05, 0.1) is 12.6 Å². The molecule has 0 radical (unpaired) electrons. The fourth-order valence-corrected chi connectivity index (χ4v) is 2.20. The first-order valence-electron chi connectivity index (χ1n) is 8.68. The molecule has 0 fully saturated rings. The molecule has 1 amide bonds. The number of hydrogen-bond acceptors (Lipinski definition) is 5. The molecule has 3 N–H and O–H groups in total. The van der Waals surface area contributed by atoms with Crippen LogP contribution in [-0.2, 0) is 11.3 Å². The molecule has 0 aliphatic carbocycles. The zero-order valence-corrected chi connectivity index (χ0v) is 15.8. The van der Waals surface area contributed by atoms with Crippen molar-refractivity contribution in [3.8, 4) is 17.4 Å². The van der Waals surface area contributed by atoms with Gasteiger partial charge in [0.15, 0.2) is 0 Å². The largest absolute Gasteiger partial charge is 0.494 e. The van der Waals surface area contributed by atoms with E-state index >= 15 is 0 Å². The molecule has 1 aromatic carbocycles. The molecule has 6 heteroatoms. The van der Waals surface area contributed by atoms with Crippen LogP contribution in [0, 0.1) is 5.41 Å². The van der Waals surface area contributed by atoms with Gasteiger partial charge >= 0.3 is 0 Å². The minimum Gasteiger partial charge on any atom is -0.494 e. The van der Waals surface area contributed by atoms with E-state index < -0.39 is 6.04 Å². The molecular formula is C20H27N3O3. The minimum absolute atomic E-state index is 0.178. The van der Waals surface area contributed by atoms with Crippen LogP contribution in [0.1, 0.15) is 33.3 Å². The Bertz CT molecular complexity index is 724. The molecule has 1 aromatic heterocycles. The quantitative estimate of drug-likeness (QED) is 0.794. The third-order valence-corrected chi connectivity index (χ3v) is 3.84. The summed E-state index contributed by atoms with van der Waals surface area (Å²) in [5.74, 6) is 1.74. The van der Waals surface area contributed by atoms with E-state index in [9.17, 15) is 4.79 Å². The summed E-state index contributed by atoms with van der Waals surface area (Å²) in [7, 11) is 0. The summed E-state index contributed by atoms with van der Waals surface area (Å²) in [4.78, 5) is 16.3. The van der Waals surface area contributed by atoms with Crippen molar-refractivity contribution < 1.29 is 14.3 Å². The van der Waals surface area contributed by atoms with Gasteiger partial charge in [-0.2, -0.15) is 0 Å². The molecule has 2 rings (SSSR count). The van der Waals surface area contributed by atoms with Crippen LogP contribution >= 0.6 is 0 Å². The monoisotopic (exact) mass is 357 g/mol. The molecule has 6 nitrogen and oxygen atoms in total. The molecule has 0 saturated heterocycles. The number of benzene rings is 1. The van der Waals surface area contributed by atoms with Crippen molar-refractivity contribution in [3.63, 3.8) is 0 Å². The van der Waals surface area contributed by atoms with Gasteiger partial charge in [-0.3, -0.25) is 4.79 Å². The highest BCUT2D eigenvalue weighted by Crippen LogP contribution is 2.23. The average Bonchev–Trinajstić information content (AvgIpc) is 2.60. The van der Waals surface area contributed by atoms with Gasteiger partial charge in [0, 0.05) is 18.8 Å². The summed E-state index contributed by atoms with van der Waals surface area (Å²) < 4.78 is 11.2. The lowest BCUT2D eigenvalue weighted by Crippen LogP contribution is -2.48. The third kappa shape index (κ3) is 5.74. The fourth-order valence-electron chi connectivity index (χ4n) is 2.20. The lowest BCUT2D eigenvalue weighted by Gasteiger charge is -2.25. The average molecular weight is 357 g/mol. The highest BCUT2D eigenvalue weighted by Gasteiger charge is 2.27. The molecule has 140 valence electrons. The molecule has 0 aliphatic rings. The second-order valence-corrected chi connectivity index (χ2v) is 7.07. The number of nitrogens with zero attached hydrogens (tertiary/aromatic N) is 1. The van der Waals surface area contributed by atoms with Gasteiger partial charge in [-0.15, -0.1) is 0 Å². The number of carbonyl (C=O) groups is 1. The topological polar surface area (TPSA) is 86.5 Å². The summed E-state index contributed by atoms with van der Waals surface area (Å²) >= 11 is 0. The van der Waals surface area contributed by atoms with Crippen molar-refractivity contribution in [1.29, 1.82) is 0 Å². The van der Waals surface area contributed by atoms with E-state index in [4.69, 9.17) is 15.2 Å². The van der Waals surface area contributed by atoms with Crippen molar-refractivity contribution in [2.75, 3.05) is 6.61 Å². The van der Waals surface area contributed by atoms with Crippen LogP contribution in [0.3, 0.4) is 0 Å². The number of ether oxygens (including phenoxy) is 2. The standard InChI is InChI=1S/C20H27N3O3/c1-5-25-15-6-8-16(9-7-15)26-17-12-14(10-11-22-17)13-23-19(24)18(21)20(2,3)4/h6-12,18H,5,13,21H2,1-4H3,(H,23,24)/t18-/m1/s1. The number of aromatic nitrogens is 1. The lowest BCUT2D eigenvalue weighted by molar-refractivity contribution is -0.124. The number of hydrogen-bond donors (Lipinski definition) is 2. The lowest BCUT2D eigenvalue weighted by atomic mass is 9.87. The Labute approximate surface area is 154 Å². The second-order valence-electron chi connectivity index (χ2n) is 7.07. The van der Waals surface area contributed by atoms with Crippen molar-refractivity contribution in [2.24, 2.45) is 11.1 Å². The number of amides is 1. The maximum atomic E-state index is 12.1. The van der Waals surface area contributed by atoms with Crippen molar-refractivity contribution in [1.82, 2.24) is 10.3 Å². The van der Waals surface area contributed by atoms with Crippen molar-refractivity contribution in [2.45, 2.75) is 40.3 Å². The molecule has 0 unspecified atom stereocenters. The van der Waals surface area contributed by atoms with Gasteiger partial charge in [-0.1, -0.05) is 20.8 Å². The maximum Gasteiger partial charge on any atom is 0.237 e. The predicted octanol–water partition coefficient (Wildman–Crippen LogP) is 3.26. The highest BCUT2D eigenvalue weighted by atomic mass is 16.5. The van der Waals surface area contributed by atoms with Crippen molar-refractivity contribution >= 4 is 5.91 Å². The SMILES string of the molecule is CCOc1ccc(Oc2cc(CNC(=O)[C@@H](N)C(C)(C)C)ccn2)cc1. The molecule has 2 aromatic rings. The Kier molecular flexibility index (Phi) is 6.58. The number of carbonyl (C=O) groups excluding carboxylic acids is 1. The summed E-state index contributed by atoms with van der Waals surface area (Å²) in [6.07, 6.45) is 1.65. The summed E-state index contributed by atoms with van der Waals surface area (Å²) in [5, 5.41) is 2.85. The Hall–Kier alpha value is -2.60. The normalized spacial score (nSPS) is 12.3. The minimum atomic E-state index is -0.566. The third-order valence-electron chi connectivity index (χ3n) is 3.84. The van der Waals surface area contributed by atoms with Gasteiger partial charge in [0.25, 0.3) is 0 Å². The van der Waals surface area contributed by atoms with Gasteiger partial charge in [-0.25, -0.2) is 4.98 Å². The molecule has 26 heavy (non-hydrogen) atoms. The second kappa shape index (κ2) is 8.67. The Morgan fingerprint density at radius 3 is 2.46 bits per heavy atom. The van der Waals surface area contributed by atoms with Gasteiger partial charge in [-0.05, 0) is 48.2 Å². The highest BCUT2D eigenvalue weighted by molar-refractivity contribution is 5.82. The van der Waals surface area contributed by atoms with Crippen LogP contribution in [0.25, 0.3) is 0 Å². The van der Waals surface area contributed by atoms with E-state index in [0.717, 1.165) is 11.3 Å². The zero-order chi connectivity index (χ0) is 19.2. The number of nitrogens with one attached hydrogen (secondary N) is 1. The van der Waals surface area contributed by atoms with E-state index in [-0.39, 0.29) is 11.3 Å². The van der Waals surface area contributed by atoms with Crippen LogP contribution in [0.5, 0.6) is 17.4 Å². The van der Waals surface area contributed by atoms with E-state index in [2.05, 4.69) is 10.3 Å². The predicted molar refractivity (Wildman–Crippen MR) is 101 cm³/mol. The van der Waals surface area contributed by atoms with Gasteiger partial charge in [0.1, 0.15) is 11.5 Å². The molecular weight excluding hydrogens is 330 g/mol. The molecule has 0 aliphatic heterocycles. The summed E-state index contributed by atoms with van der Waals surface area (Å²) in [6.45, 7) is 8.73. The van der Waals surface area contributed by atoms with Crippen LogP contribution < -0.4 is 20.5 Å². The summed E-state index contributed by atoms with van der Waals surface area (Å²) in [6, 6.07) is 10.4. The smallest absolute Gasteiger partial charge is 0.237 e. The molecule has 0 spiro atoms. The zero-order valence-electron chi connectivity index (χ0n) is 15.8. The Morgan fingerprint density at radius 2 is 1.85 bits per heavy atom.